The maximum absolute atomic E-state index is 13.2. The quantitative estimate of drug-likeness (QED) is 0.228. The zero-order chi connectivity index (χ0) is 23.1. The summed E-state index contributed by atoms with van der Waals surface area (Å²) < 4.78 is 11.9. The molecule has 0 spiro atoms. The number of amides is 1. The Morgan fingerprint density at radius 1 is 1.21 bits per heavy atom. The lowest BCUT2D eigenvalue weighted by molar-refractivity contribution is -0.132. The molecule has 2 aromatic heterocycles. The monoisotopic (exact) mass is 480 g/mol. The summed E-state index contributed by atoms with van der Waals surface area (Å²) in [6, 6.07) is 14.1. The van der Waals surface area contributed by atoms with Crippen LogP contribution >= 0.6 is 22.9 Å². The average Bonchev–Trinajstić information content (AvgIpc) is 3.53. The fourth-order valence-corrected chi connectivity index (χ4v) is 4.91. The summed E-state index contributed by atoms with van der Waals surface area (Å²) in [5.74, 6) is -0.908. The molecule has 0 radical (unpaired) electrons. The second-order valence-corrected chi connectivity index (χ2v) is 8.70. The van der Waals surface area contributed by atoms with E-state index in [1.54, 1.807) is 48.5 Å². The topological polar surface area (TPSA) is 92.9 Å². The van der Waals surface area contributed by atoms with Crippen molar-refractivity contribution in [2.45, 2.75) is 13.0 Å². The Kier molecular flexibility index (Phi) is 5.39. The molecule has 1 aliphatic heterocycles. The van der Waals surface area contributed by atoms with Crippen molar-refractivity contribution in [3.63, 3.8) is 0 Å². The van der Waals surface area contributed by atoms with Gasteiger partial charge in [-0.1, -0.05) is 22.9 Å². The molecule has 1 atom stereocenters. The van der Waals surface area contributed by atoms with Crippen LogP contribution in [0, 0.1) is 0 Å². The van der Waals surface area contributed by atoms with Crippen LogP contribution in [0.15, 0.2) is 70.9 Å². The highest BCUT2D eigenvalue weighted by atomic mass is 35.5. The van der Waals surface area contributed by atoms with Gasteiger partial charge in [-0.05, 0) is 61.5 Å². The van der Waals surface area contributed by atoms with E-state index in [0.29, 0.717) is 39.4 Å². The average molecular weight is 481 g/mol. The summed E-state index contributed by atoms with van der Waals surface area (Å²) in [6.45, 7) is 2.42. The minimum absolute atomic E-state index is 0.0773. The Morgan fingerprint density at radius 2 is 2.00 bits per heavy atom. The van der Waals surface area contributed by atoms with E-state index in [1.807, 2.05) is 13.0 Å². The first-order valence-corrected chi connectivity index (χ1v) is 11.3. The van der Waals surface area contributed by atoms with E-state index in [0.717, 1.165) is 4.70 Å². The van der Waals surface area contributed by atoms with Gasteiger partial charge in [0.1, 0.15) is 23.3 Å². The molecule has 3 heterocycles. The van der Waals surface area contributed by atoms with Crippen molar-refractivity contribution in [2.75, 3.05) is 11.5 Å². The van der Waals surface area contributed by atoms with E-state index in [4.69, 9.17) is 20.8 Å². The highest BCUT2D eigenvalue weighted by Crippen LogP contribution is 2.44. The number of fused-ring (bicyclic) bond motifs is 1. The molecule has 1 unspecified atom stereocenters. The lowest BCUT2D eigenvalue weighted by Crippen LogP contribution is -2.29. The third-order valence-electron chi connectivity index (χ3n) is 5.24. The number of ether oxygens (including phenoxy) is 1. The standard InChI is InChI=1S/C24H17ClN2O5S/c1-2-31-15-9-10-16-18(12-15)33-24(26-16)27-20(17-4-3-11-32-17)19(22(29)23(27)30)21(28)13-5-7-14(25)8-6-13/h3-12,20,28H,2H2,1H3. The zero-order valence-corrected chi connectivity index (χ0v) is 18.9. The number of aliphatic hydroxyl groups is 1. The van der Waals surface area contributed by atoms with Crippen molar-refractivity contribution in [1.29, 1.82) is 0 Å². The van der Waals surface area contributed by atoms with Gasteiger partial charge in [0.15, 0.2) is 5.13 Å². The number of Topliss-reactive ketones (excluding diaryl/α,β-unsaturated/α-hetero) is 1. The highest BCUT2D eigenvalue weighted by molar-refractivity contribution is 7.22. The summed E-state index contributed by atoms with van der Waals surface area (Å²) in [6.07, 6.45) is 1.45. The van der Waals surface area contributed by atoms with E-state index in [9.17, 15) is 14.7 Å². The molecular formula is C24H17ClN2O5S. The van der Waals surface area contributed by atoms with Gasteiger partial charge in [-0.2, -0.15) is 0 Å². The number of carbonyl (C=O) groups excluding carboxylic acids is 2. The largest absolute Gasteiger partial charge is 0.507 e. The van der Waals surface area contributed by atoms with Gasteiger partial charge in [-0.15, -0.1) is 0 Å². The van der Waals surface area contributed by atoms with E-state index in [2.05, 4.69) is 4.98 Å². The number of furan rings is 1. The van der Waals surface area contributed by atoms with Crippen molar-refractivity contribution < 1.29 is 23.8 Å². The second kappa shape index (κ2) is 8.38. The van der Waals surface area contributed by atoms with Crippen LogP contribution in [0.3, 0.4) is 0 Å². The molecule has 1 amide bonds. The normalized spacial score (nSPS) is 17.8. The molecule has 1 N–H and O–H groups in total. The number of hydrogen-bond donors (Lipinski definition) is 1. The second-order valence-electron chi connectivity index (χ2n) is 7.25. The number of carbonyl (C=O) groups is 2. The zero-order valence-electron chi connectivity index (χ0n) is 17.3. The minimum atomic E-state index is -0.970. The van der Waals surface area contributed by atoms with Crippen LogP contribution in [0.2, 0.25) is 5.02 Å². The first kappa shape index (κ1) is 21.2. The number of aliphatic hydroxyl groups excluding tert-OH is 1. The van der Waals surface area contributed by atoms with Crippen LogP contribution in [0.5, 0.6) is 5.75 Å². The Morgan fingerprint density at radius 3 is 2.70 bits per heavy atom. The molecular weight excluding hydrogens is 464 g/mol. The van der Waals surface area contributed by atoms with Gasteiger partial charge in [0, 0.05) is 10.6 Å². The van der Waals surface area contributed by atoms with Crippen LogP contribution in [0.1, 0.15) is 24.3 Å². The third kappa shape index (κ3) is 3.67. The van der Waals surface area contributed by atoms with Gasteiger partial charge >= 0.3 is 5.91 Å². The number of halogens is 1. The fraction of sp³-hybridized carbons (Fsp3) is 0.125. The molecule has 2 aromatic carbocycles. The van der Waals surface area contributed by atoms with Gasteiger partial charge in [0.2, 0.25) is 0 Å². The molecule has 5 rings (SSSR count). The van der Waals surface area contributed by atoms with Crippen LogP contribution in [0.4, 0.5) is 5.13 Å². The number of anilines is 1. The van der Waals surface area contributed by atoms with E-state index in [1.165, 1.54) is 22.5 Å². The van der Waals surface area contributed by atoms with Gasteiger partial charge in [-0.25, -0.2) is 4.98 Å². The van der Waals surface area contributed by atoms with Crippen LogP contribution < -0.4 is 9.64 Å². The fourth-order valence-electron chi connectivity index (χ4n) is 3.76. The van der Waals surface area contributed by atoms with Gasteiger partial charge in [-0.3, -0.25) is 14.5 Å². The molecule has 33 heavy (non-hydrogen) atoms. The maximum Gasteiger partial charge on any atom is 0.302 e. The summed E-state index contributed by atoms with van der Waals surface area (Å²) >= 11 is 7.20. The summed E-state index contributed by atoms with van der Waals surface area (Å²) in [5.41, 5.74) is 0.947. The third-order valence-corrected chi connectivity index (χ3v) is 6.51. The lowest BCUT2D eigenvalue weighted by Gasteiger charge is -2.20. The van der Waals surface area contributed by atoms with E-state index >= 15 is 0 Å². The predicted octanol–water partition coefficient (Wildman–Crippen LogP) is 5.57. The van der Waals surface area contributed by atoms with Crippen LogP contribution in [-0.4, -0.2) is 28.4 Å². The molecule has 166 valence electrons. The molecule has 0 aliphatic carbocycles. The maximum atomic E-state index is 13.2. The number of ketones is 1. The molecule has 9 heteroatoms. The lowest BCUT2D eigenvalue weighted by atomic mass is 9.99. The summed E-state index contributed by atoms with van der Waals surface area (Å²) in [5, 5.41) is 11.8. The molecule has 4 aromatic rings. The number of aromatic nitrogens is 1. The molecule has 1 fully saturated rings. The Labute approximate surface area is 197 Å². The number of hydrogen-bond acceptors (Lipinski definition) is 7. The number of thiazole rings is 1. The van der Waals surface area contributed by atoms with Crippen molar-refractivity contribution in [2.24, 2.45) is 0 Å². The van der Waals surface area contributed by atoms with Gasteiger partial charge < -0.3 is 14.3 Å². The van der Waals surface area contributed by atoms with Crippen LogP contribution in [0.25, 0.3) is 16.0 Å². The molecule has 0 bridgehead atoms. The SMILES string of the molecule is CCOc1ccc2nc(N3C(=O)C(=O)C(=C(O)c4ccc(Cl)cc4)C3c3ccco3)sc2c1. The Bertz CT molecular complexity index is 1390. The molecule has 0 saturated carbocycles. The van der Waals surface area contributed by atoms with Crippen molar-refractivity contribution in [1.82, 2.24) is 4.98 Å². The molecule has 1 aliphatic rings. The van der Waals surface area contributed by atoms with E-state index < -0.39 is 17.7 Å². The Balaban J connectivity index is 1.66. The predicted molar refractivity (Wildman–Crippen MR) is 126 cm³/mol. The van der Waals surface area contributed by atoms with E-state index in [-0.39, 0.29) is 11.3 Å². The van der Waals surface area contributed by atoms with Crippen LogP contribution in [-0.2, 0) is 9.59 Å². The number of benzene rings is 2. The Hall–Kier alpha value is -3.62. The molecule has 1 saturated heterocycles. The first-order valence-electron chi connectivity index (χ1n) is 10.1. The first-order chi connectivity index (χ1) is 16.0. The van der Waals surface area contributed by atoms with Crippen molar-refractivity contribution in [3.8, 4) is 5.75 Å². The smallest absolute Gasteiger partial charge is 0.302 e. The number of rotatable bonds is 5. The van der Waals surface area contributed by atoms with Crippen molar-refractivity contribution >= 4 is 55.7 Å². The minimum Gasteiger partial charge on any atom is -0.507 e. The van der Waals surface area contributed by atoms with Gasteiger partial charge in [0.25, 0.3) is 5.78 Å². The summed E-state index contributed by atoms with van der Waals surface area (Å²) in [4.78, 5) is 32.1. The molecule has 7 nitrogen and oxygen atoms in total. The summed E-state index contributed by atoms with van der Waals surface area (Å²) in [7, 11) is 0. The van der Waals surface area contributed by atoms with Crippen molar-refractivity contribution in [3.05, 3.63) is 82.8 Å². The number of nitrogens with zero attached hydrogens (tertiary/aromatic N) is 2. The van der Waals surface area contributed by atoms with Gasteiger partial charge in [0.05, 0.1) is 28.7 Å². The highest BCUT2D eigenvalue weighted by Gasteiger charge is 2.49.